The first-order valence-electron chi connectivity index (χ1n) is 8.86. The smallest absolute Gasteiger partial charge is 0.261 e. The predicted octanol–water partition coefficient (Wildman–Crippen LogP) is 2.36. The van der Waals surface area contributed by atoms with Crippen molar-refractivity contribution in [2.75, 3.05) is 25.5 Å². The fourth-order valence-electron chi connectivity index (χ4n) is 3.05. The SMILES string of the molecule is Cc1ccc2c(c1)C(=O)N(CCC(=O)NCc1cccc(N(C)C)c1)C2=O. The number of carbonyl (C=O) groups excluding carboxylic acids is 3. The molecule has 1 N–H and O–H groups in total. The Morgan fingerprint density at radius 2 is 1.78 bits per heavy atom. The lowest BCUT2D eigenvalue weighted by Gasteiger charge is -2.15. The van der Waals surface area contributed by atoms with Crippen LogP contribution < -0.4 is 10.2 Å². The molecular weight excluding hydrogens is 342 g/mol. The highest BCUT2D eigenvalue weighted by Crippen LogP contribution is 2.24. The van der Waals surface area contributed by atoms with Crippen LogP contribution in [-0.4, -0.2) is 43.3 Å². The number of anilines is 1. The van der Waals surface area contributed by atoms with Gasteiger partial charge in [0.1, 0.15) is 0 Å². The fourth-order valence-corrected chi connectivity index (χ4v) is 3.05. The van der Waals surface area contributed by atoms with E-state index in [0.29, 0.717) is 17.7 Å². The molecular formula is C21H23N3O3. The van der Waals surface area contributed by atoms with Gasteiger partial charge in [0, 0.05) is 39.3 Å². The molecule has 140 valence electrons. The number of fused-ring (bicyclic) bond motifs is 1. The molecule has 2 aromatic rings. The molecule has 0 bridgehead atoms. The highest BCUT2D eigenvalue weighted by Gasteiger charge is 2.35. The van der Waals surface area contributed by atoms with Gasteiger partial charge in [-0.2, -0.15) is 0 Å². The minimum atomic E-state index is -0.332. The Morgan fingerprint density at radius 3 is 2.52 bits per heavy atom. The van der Waals surface area contributed by atoms with Crippen molar-refractivity contribution in [1.29, 1.82) is 0 Å². The van der Waals surface area contributed by atoms with E-state index in [2.05, 4.69) is 5.32 Å². The number of nitrogens with one attached hydrogen (secondary N) is 1. The molecule has 0 saturated heterocycles. The summed E-state index contributed by atoms with van der Waals surface area (Å²) in [5, 5.41) is 2.84. The van der Waals surface area contributed by atoms with Gasteiger partial charge in [0.05, 0.1) is 11.1 Å². The van der Waals surface area contributed by atoms with Gasteiger partial charge in [0.25, 0.3) is 11.8 Å². The fraction of sp³-hybridized carbons (Fsp3) is 0.286. The van der Waals surface area contributed by atoms with E-state index < -0.39 is 0 Å². The van der Waals surface area contributed by atoms with E-state index in [1.807, 2.05) is 56.3 Å². The predicted molar refractivity (Wildman–Crippen MR) is 104 cm³/mol. The third kappa shape index (κ3) is 4.00. The van der Waals surface area contributed by atoms with Gasteiger partial charge in [-0.1, -0.05) is 23.8 Å². The van der Waals surface area contributed by atoms with Crippen LogP contribution in [0.5, 0.6) is 0 Å². The van der Waals surface area contributed by atoms with E-state index in [4.69, 9.17) is 0 Å². The molecule has 2 aromatic carbocycles. The van der Waals surface area contributed by atoms with Crippen LogP contribution in [-0.2, 0) is 11.3 Å². The zero-order valence-electron chi connectivity index (χ0n) is 15.8. The molecule has 0 aliphatic carbocycles. The maximum absolute atomic E-state index is 12.4. The number of hydrogen-bond acceptors (Lipinski definition) is 4. The maximum atomic E-state index is 12.4. The quantitative estimate of drug-likeness (QED) is 0.798. The van der Waals surface area contributed by atoms with E-state index in [1.54, 1.807) is 12.1 Å². The van der Waals surface area contributed by atoms with Gasteiger partial charge in [0.2, 0.25) is 5.91 Å². The Hall–Kier alpha value is -3.15. The minimum Gasteiger partial charge on any atom is -0.378 e. The van der Waals surface area contributed by atoms with Crippen molar-refractivity contribution in [2.24, 2.45) is 0 Å². The van der Waals surface area contributed by atoms with Gasteiger partial charge >= 0.3 is 0 Å². The highest BCUT2D eigenvalue weighted by atomic mass is 16.2. The summed E-state index contributed by atoms with van der Waals surface area (Å²) in [6.45, 7) is 2.36. The van der Waals surface area contributed by atoms with E-state index in [9.17, 15) is 14.4 Å². The summed E-state index contributed by atoms with van der Waals surface area (Å²) in [4.78, 5) is 40.1. The lowest BCUT2D eigenvalue weighted by Crippen LogP contribution is -2.34. The molecule has 27 heavy (non-hydrogen) atoms. The molecule has 0 unspecified atom stereocenters. The van der Waals surface area contributed by atoms with Crippen molar-refractivity contribution < 1.29 is 14.4 Å². The molecule has 0 fully saturated rings. The molecule has 0 atom stereocenters. The van der Waals surface area contributed by atoms with Gasteiger partial charge < -0.3 is 10.2 Å². The van der Waals surface area contributed by atoms with Crippen molar-refractivity contribution in [1.82, 2.24) is 10.2 Å². The number of aryl methyl sites for hydroxylation is 1. The first kappa shape index (κ1) is 18.6. The summed E-state index contributed by atoms with van der Waals surface area (Å²) in [6, 6.07) is 13.1. The molecule has 3 amide bonds. The molecule has 0 saturated carbocycles. The number of rotatable bonds is 6. The number of hydrogen-bond donors (Lipinski definition) is 1. The average molecular weight is 365 g/mol. The van der Waals surface area contributed by atoms with Crippen LogP contribution in [0.15, 0.2) is 42.5 Å². The van der Waals surface area contributed by atoms with Crippen molar-refractivity contribution in [2.45, 2.75) is 19.9 Å². The standard InChI is InChI=1S/C21H23N3O3/c1-14-7-8-17-18(11-14)21(27)24(20(17)26)10-9-19(25)22-13-15-5-4-6-16(12-15)23(2)3/h4-8,11-12H,9-10,13H2,1-3H3,(H,22,25). The van der Waals surface area contributed by atoms with Crippen LogP contribution in [0.3, 0.4) is 0 Å². The van der Waals surface area contributed by atoms with Crippen molar-refractivity contribution in [3.63, 3.8) is 0 Å². The Balaban J connectivity index is 1.55. The Labute approximate surface area is 158 Å². The van der Waals surface area contributed by atoms with Gasteiger partial charge in [-0.3, -0.25) is 19.3 Å². The molecule has 6 nitrogen and oxygen atoms in total. The third-order valence-electron chi connectivity index (χ3n) is 4.61. The van der Waals surface area contributed by atoms with Crippen molar-refractivity contribution in [3.8, 4) is 0 Å². The lowest BCUT2D eigenvalue weighted by molar-refractivity contribution is -0.121. The molecule has 3 rings (SSSR count). The third-order valence-corrected chi connectivity index (χ3v) is 4.61. The highest BCUT2D eigenvalue weighted by molar-refractivity contribution is 6.21. The Morgan fingerprint density at radius 1 is 1.04 bits per heavy atom. The number of nitrogens with zero attached hydrogens (tertiary/aromatic N) is 2. The number of amides is 3. The van der Waals surface area contributed by atoms with Crippen LogP contribution >= 0.6 is 0 Å². The van der Waals surface area contributed by atoms with E-state index in [0.717, 1.165) is 21.7 Å². The number of carbonyl (C=O) groups is 3. The van der Waals surface area contributed by atoms with Crippen LogP contribution in [0, 0.1) is 6.92 Å². The number of imide groups is 1. The first-order chi connectivity index (χ1) is 12.9. The molecule has 1 aliphatic rings. The lowest BCUT2D eigenvalue weighted by atomic mass is 10.1. The van der Waals surface area contributed by atoms with Crippen molar-refractivity contribution in [3.05, 3.63) is 64.7 Å². The summed E-state index contributed by atoms with van der Waals surface area (Å²) < 4.78 is 0. The summed E-state index contributed by atoms with van der Waals surface area (Å²) in [5.41, 5.74) is 3.80. The molecule has 6 heteroatoms. The molecule has 1 aliphatic heterocycles. The van der Waals surface area contributed by atoms with Gasteiger partial charge in [-0.05, 0) is 36.8 Å². The monoisotopic (exact) mass is 365 g/mol. The summed E-state index contributed by atoms with van der Waals surface area (Å²) in [6.07, 6.45) is 0.0812. The summed E-state index contributed by atoms with van der Waals surface area (Å²) in [5.74, 6) is -0.857. The Bertz CT molecular complexity index is 905. The van der Waals surface area contributed by atoms with Gasteiger partial charge in [-0.25, -0.2) is 0 Å². The van der Waals surface area contributed by atoms with Crippen LogP contribution in [0.1, 0.15) is 38.3 Å². The van der Waals surface area contributed by atoms with E-state index in [-0.39, 0.29) is 30.7 Å². The normalized spacial score (nSPS) is 12.9. The molecule has 0 aromatic heterocycles. The average Bonchev–Trinajstić information content (AvgIpc) is 2.88. The van der Waals surface area contributed by atoms with Gasteiger partial charge in [0.15, 0.2) is 0 Å². The summed E-state index contributed by atoms with van der Waals surface area (Å²) in [7, 11) is 3.92. The van der Waals surface area contributed by atoms with E-state index >= 15 is 0 Å². The topological polar surface area (TPSA) is 69.7 Å². The van der Waals surface area contributed by atoms with Crippen LogP contribution in [0.4, 0.5) is 5.69 Å². The van der Waals surface area contributed by atoms with Gasteiger partial charge in [-0.15, -0.1) is 0 Å². The molecule has 1 heterocycles. The first-order valence-corrected chi connectivity index (χ1v) is 8.86. The number of benzene rings is 2. The largest absolute Gasteiger partial charge is 0.378 e. The van der Waals surface area contributed by atoms with Crippen LogP contribution in [0.2, 0.25) is 0 Å². The zero-order valence-corrected chi connectivity index (χ0v) is 15.8. The van der Waals surface area contributed by atoms with Crippen LogP contribution in [0.25, 0.3) is 0 Å². The van der Waals surface area contributed by atoms with Crippen molar-refractivity contribution >= 4 is 23.4 Å². The second-order valence-corrected chi connectivity index (χ2v) is 6.90. The molecule has 0 spiro atoms. The zero-order chi connectivity index (χ0) is 19.6. The molecule has 0 radical (unpaired) electrons. The second-order valence-electron chi connectivity index (χ2n) is 6.90. The maximum Gasteiger partial charge on any atom is 0.261 e. The summed E-state index contributed by atoms with van der Waals surface area (Å²) >= 11 is 0. The van der Waals surface area contributed by atoms with E-state index in [1.165, 1.54) is 0 Å². The Kier molecular flexibility index (Phi) is 5.26. The second kappa shape index (κ2) is 7.61. The minimum absolute atomic E-state index is 0.0783.